The molecule has 0 unspecified atom stereocenters. The predicted octanol–water partition coefficient (Wildman–Crippen LogP) is 5.73. The average molecular weight is 733 g/mol. The van der Waals surface area contributed by atoms with Gasteiger partial charge in [-0.2, -0.15) is 22.9 Å². The molecule has 0 radical (unpaired) electrons. The number of hydrogen-bond acceptors (Lipinski definition) is 6. The van der Waals surface area contributed by atoms with Crippen LogP contribution in [-0.2, 0) is 15.7 Å². The molecule has 0 saturated heterocycles. The standard InChI is InChI=1S/C25H16F3I2N3O4/c1-36-21(34)13-37-22-18(29)9-14(10-19(22)30)12-31-33-23(15-5-4-6-16(11-15)25(26,27)28)32-20-8-3-2-7-17(20)24(33)35/h2-12H,13H2,1H3. The number of alkyl halides is 3. The van der Waals surface area contributed by atoms with Crippen LogP contribution in [0.15, 0.2) is 70.6 Å². The summed E-state index contributed by atoms with van der Waals surface area (Å²) in [5.74, 6) is -0.0750. The molecule has 1 aromatic heterocycles. The fraction of sp³-hybridized carbons (Fsp3) is 0.120. The first kappa shape index (κ1) is 27.0. The van der Waals surface area contributed by atoms with Crippen LogP contribution in [0.2, 0.25) is 0 Å². The van der Waals surface area contributed by atoms with Gasteiger partial charge in [-0.25, -0.2) is 9.78 Å². The molecule has 37 heavy (non-hydrogen) atoms. The highest BCUT2D eigenvalue weighted by Crippen LogP contribution is 2.32. The Kier molecular flexibility index (Phi) is 8.16. The van der Waals surface area contributed by atoms with E-state index in [1.807, 2.05) is 45.2 Å². The van der Waals surface area contributed by atoms with E-state index in [2.05, 4.69) is 14.8 Å². The van der Waals surface area contributed by atoms with Gasteiger partial charge in [0.1, 0.15) is 5.75 Å². The van der Waals surface area contributed by atoms with Gasteiger partial charge in [0.05, 0.1) is 36.9 Å². The molecular formula is C25H16F3I2N3O4. The number of methoxy groups -OCH3 is 1. The first-order valence-electron chi connectivity index (χ1n) is 10.5. The van der Waals surface area contributed by atoms with Gasteiger partial charge in [0.15, 0.2) is 12.4 Å². The second-order valence-electron chi connectivity index (χ2n) is 7.57. The van der Waals surface area contributed by atoms with Crippen molar-refractivity contribution in [1.82, 2.24) is 9.66 Å². The van der Waals surface area contributed by atoms with E-state index in [9.17, 15) is 22.8 Å². The third-order valence-electron chi connectivity index (χ3n) is 5.11. The molecule has 0 fully saturated rings. The summed E-state index contributed by atoms with van der Waals surface area (Å²) in [6, 6.07) is 14.6. The highest BCUT2D eigenvalue weighted by Gasteiger charge is 2.31. The van der Waals surface area contributed by atoms with Crippen LogP contribution in [0, 0.1) is 7.14 Å². The molecular weight excluding hydrogens is 717 g/mol. The average Bonchev–Trinajstić information content (AvgIpc) is 2.87. The van der Waals surface area contributed by atoms with Crippen molar-refractivity contribution in [2.24, 2.45) is 5.10 Å². The van der Waals surface area contributed by atoms with Gasteiger partial charge in [-0.3, -0.25) is 4.79 Å². The van der Waals surface area contributed by atoms with Crippen LogP contribution in [0.4, 0.5) is 13.2 Å². The number of fused-ring (bicyclic) bond motifs is 1. The Labute approximate surface area is 235 Å². The molecule has 0 bridgehead atoms. The van der Waals surface area contributed by atoms with Gasteiger partial charge >= 0.3 is 12.1 Å². The lowest BCUT2D eigenvalue weighted by molar-refractivity contribution is -0.143. The topological polar surface area (TPSA) is 82.8 Å². The summed E-state index contributed by atoms with van der Waals surface area (Å²) in [6.45, 7) is -0.256. The summed E-state index contributed by atoms with van der Waals surface area (Å²) in [6.07, 6.45) is -3.16. The van der Waals surface area contributed by atoms with Crippen LogP contribution in [0.25, 0.3) is 22.3 Å². The summed E-state index contributed by atoms with van der Waals surface area (Å²) in [4.78, 5) is 29.2. The Bertz CT molecular complexity index is 1560. The Morgan fingerprint density at radius 3 is 2.46 bits per heavy atom. The Hall–Kier alpha value is -3.01. The molecule has 7 nitrogen and oxygen atoms in total. The SMILES string of the molecule is COC(=O)COc1c(I)cc(C=Nn2c(-c3cccc(C(F)(F)F)c3)nc3ccccc3c2=O)cc1I. The van der Waals surface area contributed by atoms with Gasteiger partial charge in [-0.15, -0.1) is 0 Å². The van der Waals surface area contributed by atoms with E-state index in [0.29, 0.717) is 24.0 Å². The monoisotopic (exact) mass is 733 g/mol. The number of carbonyl (C=O) groups excluding carboxylic acids is 1. The van der Waals surface area contributed by atoms with Gasteiger partial charge in [0, 0.05) is 5.56 Å². The highest BCUT2D eigenvalue weighted by molar-refractivity contribution is 14.1. The molecule has 0 aliphatic heterocycles. The van der Waals surface area contributed by atoms with E-state index >= 15 is 0 Å². The number of nitrogens with zero attached hydrogens (tertiary/aromatic N) is 3. The number of benzene rings is 3. The first-order valence-corrected chi connectivity index (χ1v) is 12.7. The van der Waals surface area contributed by atoms with Crippen LogP contribution in [-0.4, -0.2) is 35.6 Å². The number of esters is 1. The van der Waals surface area contributed by atoms with Crippen molar-refractivity contribution in [3.05, 3.63) is 89.3 Å². The van der Waals surface area contributed by atoms with Gasteiger partial charge in [-0.05, 0) is 87.1 Å². The molecule has 4 rings (SSSR count). The molecule has 0 atom stereocenters. The third kappa shape index (κ3) is 6.11. The lowest BCUT2D eigenvalue weighted by Gasteiger charge is -2.12. The Morgan fingerprint density at radius 2 is 1.78 bits per heavy atom. The van der Waals surface area contributed by atoms with Crippen LogP contribution in [0.3, 0.4) is 0 Å². The van der Waals surface area contributed by atoms with E-state index in [1.54, 1.807) is 36.4 Å². The second-order valence-corrected chi connectivity index (χ2v) is 9.90. The second kappa shape index (κ2) is 11.2. The zero-order valence-electron chi connectivity index (χ0n) is 18.9. The van der Waals surface area contributed by atoms with Gasteiger partial charge in [-0.1, -0.05) is 24.3 Å². The van der Waals surface area contributed by atoms with Crippen molar-refractivity contribution in [2.75, 3.05) is 13.7 Å². The molecule has 1 heterocycles. The third-order valence-corrected chi connectivity index (χ3v) is 6.71. The first-order chi connectivity index (χ1) is 17.6. The Balaban J connectivity index is 1.81. The molecule has 0 amide bonds. The number of para-hydroxylation sites is 1. The number of ether oxygens (including phenoxy) is 2. The minimum atomic E-state index is -4.56. The fourth-order valence-electron chi connectivity index (χ4n) is 3.36. The van der Waals surface area contributed by atoms with Crippen molar-refractivity contribution in [2.45, 2.75) is 6.18 Å². The molecule has 0 aliphatic rings. The minimum Gasteiger partial charge on any atom is -0.480 e. The number of rotatable bonds is 6. The van der Waals surface area contributed by atoms with E-state index in [1.165, 1.54) is 25.5 Å². The normalized spacial score (nSPS) is 11.7. The molecule has 0 N–H and O–H groups in total. The molecule has 12 heteroatoms. The quantitative estimate of drug-likeness (QED) is 0.144. The molecule has 4 aromatic rings. The predicted molar refractivity (Wildman–Crippen MR) is 149 cm³/mol. The van der Waals surface area contributed by atoms with E-state index in [4.69, 9.17) is 4.74 Å². The maximum Gasteiger partial charge on any atom is 0.416 e. The molecule has 0 saturated carbocycles. The molecule has 190 valence electrons. The lowest BCUT2D eigenvalue weighted by Crippen LogP contribution is -2.20. The van der Waals surface area contributed by atoms with Crippen molar-refractivity contribution in [3.63, 3.8) is 0 Å². The number of hydrogen-bond donors (Lipinski definition) is 0. The summed E-state index contributed by atoms with van der Waals surface area (Å²) in [7, 11) is 1.26. The lowest BCUT2D eigenvalue weighted by atomic mass is 10.1. The van der Waals surface area contributed by atoms with Crippen molar-refractivity contribution in [1.29, 1.82) is 0 Å². The Morgan fingerprint density at radius 1 is 1.08 bits per heavy atom. The largest absolute Gasteiger partial charge is 0.480 e. The van der Waals surface area contributed by atoms with E-state index < -0.39 is 23.3 Å². The summed E-state index contributed by atoms with van der Waals surface area (Å²) >= 11 is 4.08. The summed E-state index contributed by atoms with van der Waals surface area (Å²) in [5.41, 5.74) is -0.381. The highest BCUT2D eigenvalue weighted by atomic mass is 127. The van der Waals surface area contributed by atoms with Crippen LogP contribution in [0.1, 0.15) is 11.1 Å². The zero-order valence-corrected chi connectivity index (χ0v) is 23.2. The van der Waals surface area contributed by atoms with E-state index in [-0.39, 0.29) is 23.4 Å². The number of carbonyl (C=O) groups is 1. The summed E-state index contributed by atoms with van der Waals surface area (Å²) in [5, 5.41) is 4.58. The van der Waals surface area contributed by atoms with Crippen LogP contribution in [0.5, 0.6) is 5.75 Å². The molecule has 0 spiro atoms. The van der Waals surface area contributed by atoms with Crippen molar-refractivity contribution >= 4 is 68.3 Å². The van der Waals surface area contributed by atoms with Gasteiger partial charge < -0.3 is 9.47 Å². The fourth-order valence-corrected chi connectivity index (χ4v) is 5.49. The minimum absolute atomic E-state index is 0.0338. The maximum atomic E-state index is 13.4. The number of aromatic nitrogens is 2. The zero-order chi connectivity index (χ0) is 26.7. The number of halogens is 5. The summed E-state index contributed by atoms with van der Waals surface area (Å²) < 4.78 is 52.5. The van der Waals surface area contributed by atoms with E-state index in [0.717, 1.165) is 16.8 Å². The molecule has 0 aliphatic carbocycles. The van der Waals surface area contributed by atoms with Crippen molar-refractivity contribution < 1.29 is 27.4 Å². The van der Waals surface area contributed by atoms with Crippen LogP contribution < -0.4 is 10.3 Å². The van der Waals surface area contributed by atoms with Crippen LogP contribution >= 0.6 is 45.2 Å². The smallest absolute Gasteiger partial charge is 0.416 e. The van der Waals surface area contributed by atoms with Crippen molar-refractivity contribution in [3.8, 4) is 17.1 Å². The van der Waals surface area contributed by atoms with Gasteiger partial charge in [0.2, 0.25) is 0 Å². The van der Waals surface area contributed by atoms with Gasteiger partial charge in [0.25, 0.3) is 5.56 Å². The maximum absolute atomic E-state index is 13.4. The molecule has 3 aromatic carbocycles.